The van der Waals surface area contributed by atoms with E-state index in [4.69, 9.17) is 15.4 Å². The number of amides is 1. The van der Waals surface area contributed by atoms with E-state index in [9.17, 15) is 14.4 Å². The van der Waals surface area contributed by atoms with Crippen LogP contribution in [0.2, 0.25) is 0 Å². The van der Waals surface area contributed by atoms with Gasteiger partial charge in [-0.25, -0.2) is 9.78 Å². The van der Waals surface area contributed by atoms with E-state index < -0.39 is 29.8 Å². The van der Waals surface area contributed by atoms with Crippen molar-refractivity contribution >= 4 is 23.9 Å². The van der Waals surface area contributed by atoms with Gasteiger partial charge in [0.2, 0.25) is 5.78 Å². The first-order valence-corrected chi connectivity index (χ1v) is 6.25. The van der Waals surface area contributed by atoms with Gasteiger partial charge in [0.05, 0.1) is 0 Å². The smallest absolute Gasteiger partial charge is 0.326 e. The Morgan fingerprint density at radius 1 is 1.59 bits per heavy atom. The number of carboxylic acids is 1. The SMILES string of the molecule is COC(C(=O)NC(CCC(=O)C=[N+]=[N-])C(=O)O)c1ncc[nH]1. The molecule has 0 aromatic carbocycles. The van der Waals surface area contributed by atoms with E-state index in [0.717, 1.165) is 0 Å². The number of carboxylic acid groups (broad SMARTS) is 1. The van der Waals surface area contributed by atoms with Crippen LogP contribution in [0.5, 0.6) is 0 Å². The summed E-state index contributed by atoms with van der Waals surface area (Å²) in [5.74, 6) is -2.32. The molecule has 3 N–H and O–H groups in total. The Bertz CT molecular complexity index is 579. The number of carbonyl (C=O) groups excluding carboxylic acids is 2. The van der Waals surface area contributed by atoms with Crippen LogP contribution in [0.3, 0.4) is 0 Å². The van der Waals surface area contributed by atoms with Crippen molar-refractivity contribution in [3.8, 4) is 0 Å². The highest BCUT2D eigenvalue weighted by Crippen LogP contribution is 2.12. The highest BCUT2D eigenvalue weighted by atomic mass is 16.5. The molecule has 118 valence electrons. The van der Waals surface area contributed by atoms with Crippen molar-refractivity contribution in [1.29, 1.82) is 0 Å². The average molecular weight is 309 g/mol. The zero-order valence-electron chi connectivity index (χ0n) is 11.7. The number of hydrogen-bond acceptors (Lipinski definition) is 5. The van der Waals surface area contributed by atoms with Crippen LogP contribution >= 0.6 is 0 Å². The van der Waals surface area contributed by atoms with Crippen molar-refractivity contribution in [1.82, 2.24) is 15.3 Å². The summed E-state index contributed by atoms with van der Waals surface area (Å²) < 4.78 is 4.98. The monoisotopic (exact) mass is 309 g/mol. The topological polar surface area (TPSA) is 158 Å². The zero-order chi connectivity index (χ0) is 16.5. The number of ether oxygens (including phenoxy) is 1. The Kier molecular flexibility index (Phi) is 6.61. The van der Waals surface area contributed by atoms with Crippen LogP contribution in [0.1, 0.15) is 24.8 Å². The van der Waals surface area contributed by atoms with Gasteiger partial charge in [-0.15, -0.1) is 0 Å². The third-order valence-corrected chi connectivity index (χ3v) is 2.74. The Morgan fingerprint density at radius 2 is 2.32 bits per heavy atom. The van der Waals surface area contributed by atoms with Gasteiger partial charge in [-0.2, -0.15) is 4.79 Å². The van der Waals surface area contributed by atoms with Crippen molar-refractivity contribution in [3.05, 3.63) is 23.7 Å². The molecule has 2 atom stereocenters. The summed E-state index contributed by atoms with van der Waals surface area (Å²) in [7, 11) is 1.28. The molecule has 0 saturated carbocycles. The number of nitrogens with one attached hydrogen (secondary N) is 2. The van der Waals surface area contributed by atoms with Crippen LogP contribution < -0.4 is 5.32 Å². The Labute approximate surface area is 125 Å². The predicted molar refractivity (Wildman–Crippen MR) is 71.8 cm³/mol. The molecule has 1 heterocycles. The minimum atomic E-state index is -1.30. The number of H-pyrrole nitrogens is 1. The number of hydrogen-bond donors (Lipinski definition) is 3. The molecule has 0 aliphatic rings. The van der Waals surface area contributed by atoms with E-state index in [-0.39, 0.29) is 18.7 Å². The van der Waals surface area contributed by atoms with Gasteiger partial charge >= 0.3 is 12.2 Å². The second-order valence-corrected chi connectivity index (χ2v) is 4.24. The second kappa shape index (κ2) is 8.45. The number of aromatic nitrogens is 2. The number of carbonyl (C=O) groups is 3. The van der Waals surface area contributed by atoms with Gasteiger partial charge in [0.15, 0.2) is 6.10 Å². The lowest BCUT2D eigenvalue weighted by Crippen LogP contribution is -2.43. The van der Waals surface area contributed by atoms with Gasteiger partial charge in [0.25, 0.3) is 5.91 Å². The van der Waals surface area contributed by atoms with E-state index >= 15 is 0 Å². The maximum Gasteiger partial charge on any atom is 0.326 e. The molecule has 0 spiro atoms. The molecule has 0 fully saturated rings. The first-order chi connectivity index (χ1) is 10.5. The maximum atomic E-state index is 12.0. The highest BCUT2D eigenvalue weighted by molar-refractivity contribution is 6.25. The third-order valence-electron chi connectivity index (χ3n) is 2.74. The molecular weight excluding hydrogens is 294 g/mol. The number of aromatic amines is 1. The number of imidazole rings is 1. The van der Waals surface area contributed by atoms with Crippen molar-refractivity contribution in [2.45, 2.75) is 25.0 Å². The molecule has 22 heavy (non-hydrogen) atoms. The molecule has 0 aliphatic heterocycles. The molecule has 10 nitrogen and oxygen atoms in total. The van der Waals surface area contributed by atoms with Crippen molar-refractivity contribution in [2.75, 3.05) is 7.11 Å². The fraction of sp³-hybridized carbons (Fsp3) is 0.417. The lowest BCUT2D eigenvalue weighted by molar-refractivity contribution is -0.144. The summed E-state index contributed by atoms with van der Waals surface area (Å²) in [5.41, 5.74) is 8.20. The normalized spacial score (nSPS) is 12.8. The fourth-order valence-electron chi connectivity index (χ4n) is 1.68. The van der Waals surface area contributed by atoms with E-state index in [0.29, 0.717) is 6.21 Å². The van der Waals surface area contributed by atoms with Gasteiger partial charge in [0, 0.05) is 25.9 Å². The van der Waals surface area contributed by atoms with Gasteiger partial charge in [-0.05, 0) is 6.42 Å². The number of nitrogens with zero attached hydrogens (tertiary/aromatic N) is 3. The zero-order valence-corrected chi connectivity index (χ0v) is 11.7. The minimum Gasteiger partial charge on any atom is -0.480 e. The van der Waals surface area contributed by atoms with Crippen LogP contribution in [0.4, 0.5) is 0 Å². The van der Waals surface area contributed by atoms with Gasteiger partial charge in [-0.3, -0.25) is 9.59 Å². The third kappa shape index (κ3) is 4.93. The molecule has 1 amide bonds. The molecule has 1 aromatic rings. The van der Waals surface area contributed by atoms with Crippen molar-refractivity contribution < 1.29 is 29.0 Å². The first-order valence-electron chi connectivity index (χ1n) is 6.25. The molecule has 1 rings (SSSR count). The molecule has 1 aromatic heterocycles. The first kappa shape index (κ1) is 17.2. The van der Waals surface area contributed by atoms with Crippen LogP contribution in [-0.4, -0.2) is 56.9 Å². The Morgan fingerprint density at radius 3 is 2.82 bits per heavy atom. The van der Waals surface area contributed by atoms with Gasteiger partial charge < -0.3 is 25.7 Å². The molecular formula is C12H15N5O5. The number of ketones is 1. The predicted octanol–water partition coefficient (Wildman–Crippen LogP) is -0.683. The van der Waals surface area contributed by atoms with E-state index in [1.165, 1.54) is 19.5 Å². The van der Waals surface area contributed by atoms with Gasteiger partial charge in [-0.1, -0.05) is 0 Å². The largest absolute Gasteiger partial charge is 0.480 e. The minimum absolute atomic E-state index is 0.152. The second-order valence-electron chi connectivity index (χ2n) is 4.24. The summed E-state index contributed by atoms with van der Waals surface area (Å²) in [5, 5.41) is 11.3. The fourth-order valence-corrected chi connectivity index (χ4v) is 1.68. The van der Waals surface area contributed by atoms with Crippen LogP contribution in [0, 0.1) is 0 Å². The van der Waals surface area contributed by atoms with E-state index in [2.05, 4.69) is 20.1 Å². The van der Waals surface area contributed by atoms with E-state index in [1.54, 1.807) is 0 Å². The Balaban J connectivity index is 2.69. The lowest BCUT2D eigenvalue weighted by atomic mass is 10.1. The standard InChI is InChI=1S/C12H15N5O5/c1-22-9(10-14-4-5-15-10)11(19)17-8(12(20)21)3-2-7(18)6-16-13/h4-6,8-9H,2-3H2,1H3,(H,14,15)(H,17,19)(H,20,21). The van der Waals surface area contributed by atoms with Crippen molar-refractivity contribution in [2.24, 2.45) is 0 Å². The number of Topliss-reactive ketones (excluding diaryl/α,β-unsaturated/α-hetero) is 1. The van der Waals surface area contributed by atoms with E-state index in [1.807, 2.05) is 0 Å². The summed E-state index contributed by atoms with van der Waals surface area (Å²) >= 11 is 0. The molecule has 0 radical (unpaired) electrons. The highest BCUT2D eigenvalue weighted by Gasteiger charge is 2.28. The van der Waals surface area contributed by atoms with Crippen LogP contribution in [-0.2, 0) is 19.1 Å². The quantitative estimate of drug-likeness (QED) is 0.311. The molecule has 2 unspecified atom stereocenters. The number of rotatable bonds is 9. The number of aliphatic carboxylic acids is 1. The summed E-state index contributed by atoms with van der Waals surface area (Å²) in [4.78, 5) is 43.5. The molecule has 0 aliphatic carbocycles. The van der Waals surface area contributed by atoms with Crippen LogP contribution in [0.15, 0.2) is 12.4 Å². The molecule has 10 heteroatoms. The van der Waals surface area contributed by atoms with Gasteiger partial charge in [0.1, 0.15) is 11.9 Å². The van der Waals surface area contributed by atoms with Crippen LogP contribution in [0.25, 0.3) is 5.53 Å². The molecule has 0 bridgehead atoms. The maximum absolute atomic E-state index is 12.0. The lowest BCUT2D eigenvalue weighted by Gasteiger charge is -2.17. The summed E-state index contributed by atoms with van der Waals surface area (Å²) in [6, 6.07) is -1.28. The summed E-state index contributed by atoms with van der Waals surface area (Å²) in [6.07, 6.45) is 2.15. The Hall–Kier alpha value is -2.84. The average Bonchev–Trinajstić information content (AvgIpc) is 2.98. The molecule has 0 saturated heterocycles. The summed E-state index contributed by atoms with van der Waals surface area (Å²) in [6.45, 7) is 0. The van der Waals surface area contributed by atoms with Crippen molar-refractivity contribution in [3.63, 3.8) is 0 Å². The number of methoxy groups -OCH3 is 1.